The molecular weight excluding hydrogens is 384 g/mol. The largest absolute Gasteiger partial charge is 0.495 e. The summed E-state index contributed by atoms with van der Waals surface area (Å²) in [5.74, 6) is -1.42. The summed E-state index contributed by atoms with van der Waals surface area (Å²) in [6.07, 6.45) is 2.00. The third kappa shape index (κ3) is 3.47. The van der Waals surface area contributed by atoms with Gasteiger partial charge in [0.15, 0.2) is 0 Å². The molecule has 1 aliphatic carbocycles. The number of hydrogen-bond acceptors (Lipinski definition) is 3. The second-order valence-corrected chi connectivity index (χ2v) is 7.90. The molecule has 0 atom stereocenters. The molecule has 0 aromatic heterocycles. The average Bonchev–Trinajstić information content (AvgIpc) is 3.05. The van der Waals surface area contributed by atoms with Crippen LogP contribution in [0.3, 0.4) is 0 Å². The molecule has 1 aliphatic rings. The van der Waals surface area contributed by atoms with Crippen LogP contribution in [0.1, 0.15) is 30.4 Å². The van der Waals surface area contributed by atoms with E-state index in [0.29, 0.717) is 35.3 Å². The van der Waals surface area contributed by atoms with Gasteiger partial charge in [-0.1, -0.05) is 17.7 Å². The predicted molar refractivity (Wildman–Crippen MR) is 96.4 cm³/mol. The third-order valence-electron chi connectivity index (χ3n) is 4.37. The molecule has 2 aromatic carbocycles. The van der Waals surface area contributed by atoms with Crippen molar-refractivity contribution in [3.63, 3.8) is 0 Å². The number of sulfonamides is 1. The van der Waals surface area contributed by atoms with Gasteiger partial charge >= 0.3 is 0 Å². The van der Waals surface area contributed by atoms with E-state index >= 15 is 0 Å². The Hall–Kier alpha value is -1.96. The Balaban J connectivity index is 2.16. The highest BCUT2D eigenvalue weighted by atomic mass is 35.5. The van der Waals surface area contributed by atoms with Crippen LogP contribution >= 0.6 is 11.6 Å². The molecule has 26 heavy (non-hydrogen) atoms. The van der Waals surface area contributed by atoms with Crippen LogP contribution in [0.4, 0.5) is 8.78 Å². The Morgan fingerprint density at radius 1 is 1.08 bits per heavy atom. The molecule has 4 nitrogen and oxygen atoms in total. The molecule has 0 unspecified atom stereocenters. The van der Waals surface area contributed by atoms with E-state index in [1.165, 1.54) is 7.11 Å². The topological polar surface area (TPSA) is 69.4 Å². The summed E-state index contributed by atoms with van der Waals surface area (Å²) in [5.41, 5.74) is 2.32. The Labute approximate surface area is 155 Å². The molecule has 2 N–H and O–H groups in total. The maximum absolute atomic E-state index is 14.5. The second-order valence-electron chi connectivity index (χ2n) is 5.97. The van der Waals surface area contributed by atoms with Crippen LogP contribution in [0.2, 0.25) is 5.02 Å². The van der Waals surface area contributed by atoms with E-state index in [2.05, 4.69) is 0 Å². The summed E-state index contributed by atoms with van der Waals surface area (Å²) < 4.78 is 56.7. The van der Waals surface area contributed by atoms with Crippen molar-refractivity contribution in [3.05, 3.63) is 58.1 Å². The zero-order chi connectivity index (χ0) is 19.1. The first kappa shape index (κ1) is 18.8. The number of benzene rings is 2. The molecule has 0 bridgehead atoms. The van der Waals surface area contributed by atoms with Crippen LogP contribution in [-0.2, 0) is 10.0 Å². The fourth-order valence-corrected chi connectivity index (χ4v) is 3.98. The zero-order valence-electron chi connectivity index (χ0n) is 13.9. The minimum Gasteiger partial charge on any atom is -0.495 e. The van der Waals surface area contributed by atoms with Gasteiger partial charge in [-0.15, -0.1) is 0 Å². The van der Waals surface area contributed by atoms with Gasteiger partial charge in [0, 0.05) is 5.56 Å². The average molecular weight is 400 g/mol. The van der Waals surface area contributed by atoms with E-state index in [1.807, 2.05) is 0 Å². The summed E-state index contributed by atoms with van der Waals surface area (Å²) in [6, 6.07) is 6.74. The van der Waals surface area contributed by atoms with Crippen LogP contribution in [0.15, 0.2) is 35.2 Å². The molecule has 0 radical (unpaired) electrons. The first-order valence-corrected chi connectivity index (χ1v) is 9.73. The van der Waals surface area contributed by atoms with Gasteiger partial charge in [0.25, 0.3) is 0 Å². The van der Waals surface area contributed by atoms with E-state index in [9.17, 15) is 17.2 Å². The van der Waals surface area contributed by atoms with Crippen molar-refractivity contribution in [1.29, 1.82) is 0 Å². The molecule has 0 heterocycles. The van der Waals surface area contributed by atoms with Gasteiger partial charge in [-0.05, 0) is 60.2 Å². The molecule has 2 aromatic rings. The van der Waals surface area contributed by atoms with Crippen molar-refractivity contribution in [3.8, 4) is 5.75 Å². The number of methoxy groups -OCH3 is 1. The third-order valence-corrected chi connectivity index (χ3v) is 5.61. The van der Waals surface area contributed by atoms with Gasteiger partial charge in [-0.25, -0.2) is 22.3 Å². The fraction of sp³-hybridized carbons (Fsp3) is 0.222. The van der Waals surface area contributed by atoms with Gasteiger partial charge in [0.05, 0.1) is 12.1 Å². The summed E-state index contributed by atoms with van der Waals surface area (Å²) >= 11 is 6.04. The molecule has 3 rings (SSSR count). The molecule has 0 aliphatic heterocycles. The monoisotopic (exact) mass is 399 g/mol. The number of rotatable bonds is 4. The van der Waals surface area contributed by atoms with Crippen LogP contribution in [0.5, 0.6) is 5.75 Å². The standard InChI is InChI=1S/C18H16ClF2NO3S/c1-25-17-7-10(5-6-14(17)19)11-3-2-4-12(11)13-8-16(21)18(9-15(13)20)26(22,23)24/h5-9H,2-4H2,1H3,(H2,22,23,24). The molecular formula is C18H16ClF2NO3S. The number of hydrogen-bond donors (Lipinski definition) is 1. The number of halogens is 3. The summed E-state index contributed by atoms with van der Waals surface area (Å²) in [4.78, 5) is -0.855. The van der Waals surface area contributed by atoms with Crippen LogP contribution in [0, 0.1) is 11.6 Å². The van der Waals surface area contributed by atoms with Crippen molar-refractivity contribution >= 4 is 32.8 Å². The second kappa shape index (κ2) is 6.98. The van der Waals surface area contributed by atoms with Crippen LogP contribution < -0.4 is 9.88 Å². The highest BCUT2D eigenvalue weighted by Crippen LogP contribution is 2.42. The quantitative estimate of drug-likeness (QED) is 0.830. The molecule has 138 valence electrons. The number of ether oxygens (including phenoxy) is 1. The van der Waals surface area contributed by atoms with E-state index in [4.69, 9.17) is 21.5 Å². The summed E-state index contributed by atoms with van der Waals surface area (Å²) in [6.45, 7) is 0. The van der Waals surface area contributed by atoms with Crippen molar-refractivity contribution in [1.82, 2.24) is 0 Å². The summed E-state index contributed by atoms with van der Waals surface area (Å²) in [7, 11) is -2.84. The van der Waals surface area contributed by atoms with Crippen molar-refractivity contribution in [2.75, 3.05) is 7.11 Å². The SMILES string of the molecule is COc1cc(C2=C(c3cc(F)c(S(N)(=O)=O)cc3F)CCC2)ccc1Cl. The minimum atomic E-state index is -4.34. The highest BCUT2D eigenvalue weighted by Gasteiger charge is 2.24. The van der Waals surface area contributed by atoms with Crippen molar-refractivity contribution in [2.24, 2.45) is 5.14 Å². The fourth-order valence-electron chi connectivity index (χ4n) is 3.18. The smallest absolute Gasteiger partial charge is 0.241 e. The lowest BCUT2D eigenvalue weighted by Gasteiger charge is -2.12. The molecule has 0 saturated carbocycles. The van der Waals surface area contributed by atoms with Gasteiger partial charge < -0.3 is 4.74 Å². The van der Waals surface area contributed by atoms with E-state index in [-0.39, 0.29) is 5.56 Å². The van der Waals surface area contributed by atoms with E-state index in [0.717, 1.165) is 23.6 Å². The highest BCUT2D eigenvalue weighted by molar-refractivity contribution is 7.89. The first-order chi connectivity index (χ1) is 12.2. The number of primary sulfonamides is 1. The molecule has 0 fully saturated rings. The lowest BCUT2D eigenvalue weighted by atomic mass is 9.96. The Morgan fingerprint density at radius 2 is 1.77 bits per heavy atom. The molecule has 0 spiro atoms. The number of allylic oxidation sites excluding steroid dienone is 2. The first-order valence-electron chi connectivity index (χ1n) is 7.80. The van der Waals surface area contributed by atoms with Crippen molar-refractivity contribution < 1.29 is 21.9 Å². The zero-order valence-corrected chi connectivity index (χ0v) is 15.4. The normalized spacial score (nSPS) is 14.8. The van der Waals surface area contributed by atoms with Crippen LogP contribution in [-0.4, -0.2) is 15.5 Å². The molecule has 0 saturated heterocycles. The summed E-state index contributed by atoms with van der Waals surface area (Å²) in [5, 5.41) is 5.37. The maximum Gasteiger partial charge on any atom is 0.241 e. The Bertz CT molecular complexity index is 1020. The van der Waals surface area contributed by atoms with Crippen LogP contribution in [0.25, 0.3) is 11.1 Å². The molecule has 8 heteroatoms. The molecule has 0 amide bonds. The Kier molecular flexibility index (Phi) is 5.05. The maximum atomic E-state index is 14.5. The van der Waals surface area contributed by atoms with Gasteiger partial charge in [-0.3, -0.25) is 0 Å². The van der Waals surface area contributed by atoms with Gasteiger partial charge in [0.1, 0.15) is 22.3 Å². The predicted octanol–water partition coefficient (Wildman–Crippen LogP) is 4.37. The number of nitrogens with two attached hydrogens (primary N) is 1. The minimum absolute atomic E-state index is 0.0383. The van der Waals surface area contributed by atoms with Gasteiger partial charge in [-0.2, -0.15) is 0 Å². The lowest BCUT2D eigenvalue weighted by molar-refractivity contribution is 0.415. The lowest BCUT2D eigenvalue weighted by Crippen LogP contribution is -2.15. The van der Waals surface area contributed by atoms with Gasteiger partial charge in [0.2, 0.25) is 10.0 Å². The Morgan fingerprint density at radius 3 is 2.42 bits per heavy atom. The van der Waals surface area contributed by atoms with Crippen molar-refractivity contribution in [2.45, 2.75) is 24.2 Å². The van der Waals surface area contributed by atoms with E-state index in [1.54, 1.807) is 18.2 Å². The van der Waals surface area contributed by atoms with E-state index < -0.39 is 26.6 Å².